The highest BCUT2D eigenvalue weighted by Gasteiger charge is 2.14. The first-order valence-corrected chi connectivity index (χ1v) is 10.6. The molecular weight excluding hydrogens is 449 g/mol. The van der Waals surface area contributed by atoms with E-state index in [1.807, 2.05) is 60.1 Å². The summed E-state index contributed by atoms with van der Waals surface area (Å²) in [7, 11) is 4.93. The summed E-state index contributed by atoms with van der Waals surface area (Å²) in [6.45, 7) is 0.520. The Bertz CT molecular complexity index is 1350. The van der Waals surface area contributed by atoms with Gasteiger partial charge in [0.25, 0.3) is 0 Å². The molecule has 1 aromatic heterocycles. The van der Waals surface area contributed by atoms with Gasteiger partial charge in [-0.1, -0.05) is 35.3 Å². The Kier molecular flexibility index (Phi) is 6.26. The molecule has 0 saturated heterocycles. The van der Waals surface area contributed by atoms with E-state index in [4.69, 9.17) is 37.7 Å². The molecule has 0 aliphatic rings. The standard InChI is InChI=1S/C24H21Cl2N3O3/c1-28-21-12-19(25)20(26)13-22(21)29(14-15-4-6-16(7-5-15)23(30)32-3)24(28)27-17-8-10-18(31-2)11-9-17/h4-13H,14H2,1-3H3/b27-24+. The Balaban J connectivity index is 1.87. The van der Waals surface area contributed by atoms with E-state index >= 15 is 0 Å². The van der Waals surface area contributed by atoms with Crippen LogP contribution in [0.1, 0.15) is 15.9 Å². The first-order chi connectivity index (χ1) is 15.4. The third-order valence-electron chi connectivity index (χ3n) is 5.23. The van der Waals surface area contributed by atoms with E-state index in [1.54, 1.807) is 19.2 Å². The molecule has 8 heteroatoms. The Morgan fingerprint density at radius 2 is 1.56 bits per heavy atom. The summed E-state index contributed by atoms with van der Waals surface area (Å²) in [5, 5.41) is 0.945. The van der Waals surface area contributed by atoms with E-state index in [0.29, 0.717) is 22.2 Å². The topological polar surface area (TPSA) is 57.8 Å². The molecule has 0 bridgehead atoms. The lowest BCUT2D eigenvalue weighted by Gasteiger charge is -2.07. The molecule has 32 heavy (non-hydrogen) atoms. The molecule has 1 heterocycles. The molecule has 4 rings (SSSR count). The number of halogens is 2. The first kappa shape index (κ1) is 22.0. The van der Waals surface area contributed by atoms with Gasteiger partial charge in [0.05, 0.1) is 53.1 Å². The molecule has 3 aromatic carbocycles. The molecule has 164 valence electrons. The van der Waals surface area contributed by atoms with E-state index in [0.717, 1.165) is 33.7 Å². The molecular formula is C24H21Cl2N3O3. The second-order valence-electron chi connectivity index (χ2n) is 7.20. The van der Waals surface area contributed by atoms with Crippen molar-refractivity contribution in [3.63, 3.8) is 0 Å². The molecule has 0 amide bonds. The fourth-order valence-electron chi connectivity index (χ4n) is 3.52. The predicted octanol–water partition coefficient (Wildman–Crippen LogP) is 5.36. The van der Waals surface area contributed by atoms with Gasteiger partial charge in [-0.05, 0) is 54.1 Å². The molecule has 0 aliphatic heterocycles. The number of imidazole rings is 1. The average molecular weight is 470 g/mol. The third-order valence-corrected chi connectivity index (χ3v) is 5.95. The molecule has 0 atom stereocenters. The van der Waals surface area contributed by atoms with Gasteiger partial charge in [0.2, 0.25) is 5.62 Å². The van der Waals surface area contributed by atoms with Crippen molar-refractivity contribution in [2.45, 2.75) is 6.54 Å². The van der Waals surface area contributed by atoms with Crippen molar-refractivity contribution in [2.24, 2.45) is 12.0 Å². The minimum Gasteiger partial charge on any atom is -0.497 e. The molecule has 0 radical (unpaired) electrons. The van der Waals surface area contributed by atoms with Gasteiger partial charge in [-0.3, -0.25) is 0 Å². The smallest absolute Gasteiger partial charge is 0.337 e. The van der Waals surface area contributed by atoms with Crippen LogP contribution in [0.3, 0.4) is 0 Å². The van der Waals surface area contributed by atoms with Crippen LogP contribution in [0.2, 0.25) is 10.0 Å². The zero-order chi connectivity index (χ0) is 22.8. The fraction of sp³-hybridized carbons (Fsp3) is 0.167. The van der Waals surface area contributed by atoms with Crippen LogP contribution in [0.15, 0.2) is 65.7 Å². The van der Waals surface area contributed by atoms with E-state index in [1.165, 1.54) is 7.11 Å². The number of aryl methyl sites for hydroxylation is 1. The monoisotopic (exact) mass is 469 g/mol. The highest BCUT2D eigenvalue weighted by Crippen LogP contribution is 2.28. The fourth-order valence-corrected chi connectivity index (χ4v) is 3.83. The normalized spacial score (nSPS) is 11.7. The number of carbonyl (C=O) groups is 1. The van der Waals surface area contributed by atoms with Crippen molar-refractivity contribution in [1.29, 1.82) is 0 Å². The van der Waals surface area contributed by atoms with Crippen molar-refractivity contribution < 1.29 is 14.3 Å². The van der Waals surface area contributed by atoms with Gasteiger partial charge >= 0.3 is 5.97 Å². The minimum atomic E-state index is -0.369. The number of ether oxygens (including phenoxy) is 2. The van der Waals surface area contributed by atoms with Gasteiger partial charge in [-0.2, -0.15) is 0 Å². The van der Waals surface area contributed by atoms with Crippen LogP contribution < -0.4 is 10.4 Å². The average Bonchev–Trinajstić information content (AvgIpc) is 3.05. The number of aromatic nitrogens is 2. The van der Waals surface area contributed by atoms with E-state index < -0.39 is 0 Å². The van der Waals surface area contributed by atoms with Gasteiger partial charge in [-0.15, -0.1) is 0 Å². The molecule has 0 unspecified atom stereocenters. The number of esters is 1. The van der Waals surface area contributed by atoms with E-state index in [-0.39, 0.29) is 5.97 Å². The van der Waals surface area contributed by atoms with Gasteiger partial charge in [0, 0.05) is 7.05 Å². The molecule has 6 nitrogen and oxygen atoms in total. The summed E-state index contributed by atoms with van der Waals surface area (Å²) in [5.74, 6) is 0.393. The van der Waals surface area contributed by atoms with Crippen LogP contribution in [-0.2, 0) is 18.3 Å². The van der Waals surface area contributed by atoms with Gasteiger partial charge in [-0.25, -0.2) is 9.79 Å². The Labute approximate surface area is 195 Å². The van der Waals surface area contributed by atoms with Crippen LogP contribution in [0.4, 0.5) is 5.69 Å². The lowest BCUT2D eigenvalue weighted by molar-refractivity contribution is 0.0600. The zero-order valence-electron chi connectivity index (χ0n) is 17.8. The van der Waals surface area contributed by atoms with Crippen LogP contribution in [0, 0.1) is 0 Å². The predicted molar refractivity (Wildman–Crippen MR) is 126 cm³/mol. The number of carbonyl (C=O) groups excluding carboxylic acids is 1. The van der Waals surface area contributed by atoms with Crippen molar-refractivity contribution >= 4 is 45.9 Å². The number of methoxy groups -OCH3 is 2. The SMILES string of the molecule is COC(=O)c1ccc(Cn2/c(=N/c3ccc(OC)cc3)n(C)c3cc(Cl)c(Cl)cc32)cc1. The highest BCUT2D eigenvalue weighted by molar-refractivity contribution is 6.42. The largest absolute Gasteiger partial charge is 0.497 e. The van der Waals surface area contributed by atoms with Crippen molar-refractivity contribution in [3.05, 3.63) is 87.5 Å². The van der Waals surface area contributed by atoms with Gasteiger partial charge in [0.1, 0.15) is 5.75 Å². The van der Waals surface area contributed by atoms with Gasteiger partial charge in [0.15, 0.2) is 0 Å². The molecule has 0 N–H and O–H groups in total. The maximum absolute atomic E-state index is 11.8. The van der Waals surface area contributed by atoms with E-state index in [2.05, 4.69) is 4.57 Å². The van der Waals surface area contributed by atoms with Gasteiger partial charge < -0.3 is 18.6 Å². The minimum absolute atomic E-state index is 0.369. The lowest BCUT2D eigenvalue weighted by atomic mass is 10.1. The maximum atomic E-state index is 11.8. The number of fused-ring (bicyclic) bond motifs is 1. The summed E-state index contributed by atoms with van der Waals surface area (Å²) in [5.41, 5.74) is 4.79. The quantitative estimate of drug-likeness (QED) is 0.369. The number of benzene rings is 3. The zero-order valence-corrected chi connectivity index (χ0v) is 19.3. The molecule has 4 aromatic rings. The molecule has 0 fully saturated rings. The molecule has 0 saturated carbocycles. The second-order valence-corrected chi connectivity index (χ2v) is 8.01. The van der Waals surface area contributed by atoms with Crippen LogP contribution >= 0.6 is 23.2 Å². The van der Waals surface area contributed by atoms with Crippen molar-refractivity contribution in [2.75, 3.05) is 14.2 Å². The Morgan fingerprint density at radius 3 is 2.16 bits per heavy atom. The Morgan fingerprint density at radius 1 is 0.938 bits per heavy atom. The van der Waals surface area contributed by atoms with Crippen molar-refractivity contribution in [3.8, 4) is 5.75 Å². The van der Waals surface area contributed by atoms with Crippen molar-refractivity contribution in [1.82, 2.24) is 9.13 Å². The highest BCUT2D eigenvalue weighted by atomic mass is 35.5. The third kappa shape index (κ3) is 4.24. The number of hydrogen-bond acceptors (Lipinski definition) is 4. The first-order valence-electron chi connectivity index (χ1n) is 9.81. The summed E-state index contributed by atoms with van der Waals surface area (Å²) in [4.78, 5) is 16.6. The van der Waals surface area contributed by atoms with Crippen LogP contribution in [0.25, 0.3) is 11.0 Å². The lowest BCUT2D eigenvalue weighted by Crippen LogP contribution is -2.24. The molecule has 0 aliphatic carbocycles. The summed E-state index contributed by atoms with van der Waals surface area (Å²) < 4.78 is 14.1. The number of rotatable bonds is 5. The number of hydrogen-bond donors (Lipinski definition) is 0. The summed E-state index contributed by atoms with van der Waals surface area (Å²) >= 11 is 12.6. The van der Waals surface area contributed by atoms with Crippen LogP contribution in [-0.4, -0.2) is 29.3 Å². The second kappa shape index (κ2) is 9.10. The maximum Gasteiger partial charge on any atom is 0.337 e. The van der Waals surface area contributed by atoms with E-state index in [9.17, 15) is 4.79 Å². The summed E-state index contributed by atoms with van der Waals surface area (Å²) in [6.07, 6.45) is 0. The van der Waals surface area contributed by atoms with Crippen LogP contribution in [0.5, 0.6) is 5.75 Å². The number of nitrogens with zero attached hydrogens (tertiary/aromatic N) is 3. The Hall–Kier alpha value is -3.22. The summed E-state index contributed by atoms with van der Waals surface area (Å²) in [6, 6.07) is 18.5. The molecule has 0 spiro atoms.